The molecule has 0 aromatic heterocycles. The Balaban J connectivity index is 2.10. The lowest BCUT2D eigenvalue weighted by Gasteiger charge is -2.10. The quantitative estimate of drug-likeness (QED) is 0.676. The van der Waals surface area contributed by atoms with Gasteiger partial charge in [0.25, 0.3) is 0 Å². The Morgan fingerprint density at radius 2 is 1.87 bits per heavy atom. The molecule has 0 spiro atoms. The fourth-order valence-corrected chi connectivity index (χ4v) is 2.59. The van der Waals surface area contributed by atoms with Gasteiger partial charge in [0.05, 0.1) is 0 Å². The number of hydrogen-bond acceptors (Lipinski definition) is 0. The summed E-state index contributed by atoms with van der Waals surface area (Å²) in [7, 11) is 0. The molecule has 2 rings (SSSR count). The second-order valence-electron chi connectivity index (χ2n) is 4.18. The largest absolute Gasteiger partial charge is 0.207 e. The highest BCUT2D eigenvalue weighted by Gasteiger charge is 2.24. The van der Waals surface area contributed by atoms with Gasteiger partial charge >= 0.3 is 0 Å². The highest BCUT2D eigenvalue weighted by Crippen LogP contribution is 2.32. The third-order valence-corrected chi connectivity index (χ3v) is 3.43. The topological polar surface area (TPSA) is 0 Å². The third-order valence-electron chi connectivity index (χ3n) is 3.03. The molecule has 1 aliphatic rings. The smallest absolute Gasteiger partial charge is 0.129 e. The van der Waals surface area contributed by atoms with Gasteiger partial charge in [0.2, 0.25) is 0 Å². The average molecular weight is 231 g/mol. The maximum atomic E-state index is 13.3. The monoisotopic (exact) mass is 230 g/mol. The lowest BCUT2D eigenvalue weighted by molar-refractivity contribution is 0.491. The predicted octanol–water partition coefficient (Wildman–Crippen LogP) is 3.91. The molecule has 1 aromatic carbocycles. The van der Waals surface area contributed by atoms with Gasteiger partial charge in [-0.1, -0.05) is 6.07 Å². The summed E-state index contributed by atoms with van der Waals surface area (Å²) in [5.41, 5.74) is 0.216. The number of rotatable bonds is 2. The van der Waals surface area contributed by atoms with Gasteiger partial charge < -0.3 is 0 Å². The van der Waals surface area contributed by atoms with E-state index in [0.717, 1.165) is 19.3 Å². The summed E-state index contributed by atoms with van der Waals surface area (Å²) in [5, 5.41) is 0.185. The Labute approximate surface area is 93.2 Å². The van der Waals surface area contributed by atoms with Gasteiger partial charge in [-0.15, -0.1) is 11.6 Å². The molecule has 2 unspecified atom stereocenters. The molecule has 0 radical (unpaired) electrons. The van der Waals surface area contributed by atoms with Crippen molar-refractivity contribution in [2.24, 2.45) is 5.92 Å². The molecule has 1 fully saturated rings. The second kappa shape index (κ2) is 4.48. The average Bonchev–Trinajstić information content (AvgIpc) is 2.58. The first-order valence-electron chi connectivity index (χ1n) is 5.23. The fourth-order valence-electron chi connectivity index (χ4n) is 2.22. The van der Waals surface area contributed by atoms with E-state index in [4.69, 9.17) is 11.6 Å². The van der Waals surface area contributed by atoms with Crippen LogP contribution < -0.4 is 0 Å². The van der Waals surface area contributed by atoms with Crippen LogP contribution in [0.2, 0.25) is 0 Å². The first kappa shape index (κ1) is 10.9. The number of hydrogen-bond donors (Lipinski definition) is 0. The van der Waals surface area contributed by atoms with Crippen LogP contribution in [0.3, 0.4) is 0 Å². The molecule has 0 bridgehead atoms. The van der Waals surface area contributed by atoms with Gasteiger partial charge in [0.15, 0.2) is 0 Å². The Hall–Kier alpha value is -0.630. The van der Waals surface area contributed by atoms with E-state index < -0.39 is 11.6 Å². The zero-order valence-corrected chi connectivity index (χ0v) is 9.11. The number of alkyl halides is 1. The van der Waals surface area contributed by atoms with Crippen molar-refractivity contribution < 1.29 is 8.78 Å². The zero-order valence-electron chi connectivity index (χ0n) is 8.35. The molecule has 0 nitrogen and oxygen atoms in total. The molecule has 0 N–H and O–H groups in total. The first-order chi connectivity index (χ1) is 7.16. The van der Waals surface area contributed by atoms with E-state index >= 15 is 0 Å². The normalized spacial score (nSPS) is 25.8. The lowest BCUT2D eigenvalue weighted by Crippen LogP contribution is -2.04. The summed E-state index contributed by atoms with van der Waals surface area (Å²) in [5.74, 6) is -0.542. The van der Waals surface area contributed by atoms with E-state index in [-0.39, 0.29) is 10.9 Å². The van der Waals surface area contributed by atoms with Crippen LogP contribution in [0.15, 0.2) is 18.2 Å². The number of benzene rings is 1. The molecule has 1 aromatic rings. The summed E-state index contributed by atoms with van der Waals surface area (Å²) in [6, 6.07) is 4.02. The molecule has 0 amide bonds. The van der Waals surface area contributed by atoms with Crippen LogP contribution in [-0.2, 0) is 6.42 Å². The van der Waals surface area contributed by atoms with Gasteiger partial charge in [-0.25, -0.2) is 8.78 Å². The van der Waals surface area contributed by atoms with Gasteiger partial charge in [-0.2, -0.15) is 0 Å². The lowest BCUT2D eigenvalue weighted by atomic mass is 9.97. The minimum atomic E-state index is -0.437. The maximum absolute atomic E-state index is 13.3. The predicted molar refractivity (Wildman–Crippen MR) is 57.0 cm³/mol. The van der Waals surface area contributed by atoms with Gasteiger partial charge in [0, 0.05) is 10.9 Å². The molecular weight excluding hydrogens is 218 g/mol. The van der Waals surface area contributed by atoms with Gasteiger partial charge in [0.1, 0.15) is 11.6 Å². The van der Waals surface area contributed by atoms with Crippen molar-refractivity contribution >= 4 is 11.6 Å². The van der Waals surface area contributed by atoms with Crippen molar-refractivity contribution in [3.05, 3.63) is 35.4 Å². The second-order valence-corrected chi connectivity index (χ2v) is 4.80. The van der Waals surface area contributed by atoms with E-state index in [1.54, 1.807) is 0 Å². The molecule has 1 saturated carbocycles. The van der Waals surface area contributed by atoms with Crippen LogP contribution in [0, 0.1) is 17.6 Å². The minimum absolute atomic E-state index is 0.185. The zero-order chi connectivity index (χ0) is 10.8. The standard InChI is InChI=1S/C12H13ClF2/c13-9-5-4-8(6-9)7-10-11(14)2-1-3-12(10)15/h1-3,8-9H,4-7H2. The Bertz CT molecular complexity index is 331. The van der Waals surface area contributed by atoms with E-state index in [1.165, 1.54) is 18.2 Å². The maximum Gasteiger partial charge on any atom is 0.129 e. The highest BCUT2D eigenvalue weighted by atomic mass is 35.5. The molecular formula is C12H13ClF2. The van der Waals surface area contributed by atoms with E-state index in [2.05, 4.69) is 0 Å². The van der Waals surface area contributed by atoms with Crippen molar-refractivity contribution in [2.75, 3.05) is 0 Å². The fraction of sp³-hybridized carbons (Fsp3) is 0.500. The van der Waals surface area contributed by atoms with Crippen LogP contribution in [0.1, 0.15) is 24.8 Å². The molecule has 0 aliphatic heterocycles. The molecule has 0 heterocycles. The van der Waals surface area contributed by atoms with Crippen LogP contribution in [-0.4, -0.2) is 5.38 Å². The summed E-state index contributed by atoms with van der Waals surface area (Å²) in [6.45, 7) is 0. The van der Waals surface area contributed by atoms with Crippen molar-refractivity contribution in [3.63, 3.8) is 0 Å². The first-order valence-corrected chi connectivity index (χ1v) is 5.67. The van der Waals surface area contributed by atoms with Crippen molar-refractivity contribution in [2.45, 2.75) is 31.1 Å². The molecule has 0 saturated heterocycles. The Kier molecular flexibility index (Phi) is 3.25. The summed E-state index contributed by atoms with van der Waals surface area (Å²) in [6.07, 6.45) is 3.28. The highest BCUT2D eigenvalue weighted by molar-refractivity contribution is 6.20. The summed E-state index contributed by atoms with van der Waals surface area (Å²) in [4.78, 5) is 0. The SMILES string of the molecule is Fc1cccc(F)c1CC1CCC(Cl)C1. The van der Waals surface area contributed by atoms with Gasteiger partial charge in [-0.3, -0.25) is 0 Å². The Morgan fingerprint density at radius 1 is 1.20 bits per heavy atom. The van der Waals surface area contributed by atoms with Gasteiger partial charge in [-0.05, 0) is 43.7 Å². The van der Waals surface area contributed by atoms with Crippen molar-refractivity contribution in [3.8, 4) is 0 Å². The van der Waals surface area contributed by atoms with E-state index in [1.807, 2.05) is 0 Å². The number of halogens is 3. The van der Waals surface area contributed by atoms with E-state index in [9.17, 15) is 8.78 Å². The summed E-state index contributed by atoms with van der Waals surface area (Å²) >= 11 is 5.97. The van der Waals surface area contributed by atoms with Crippen LogP contribution in [0.4, 0.5) is 8.78 Å². The van der Waals surface area contributed by atoms with Crippen LogP contribution in [0.25, 0.3) is 0 Å². The van der Waals surface area contributed by atoms with E-state index in [0.29, 0.717) is 12.3 Å². The van der Waals surface area contributed by atoms with Crippen molar-refractivity contribution in [1.29, 1.82) is 0 Å². The van der Waals surface area contributed by atoms with Crippen molar-refractivity contribution in [1.82, 2.24) is 0 Å². The summed E-state index contributed by atoms with van der Waals surface area (Å²) < 4.78 is 26.7. The molecule has 3 heteroatoms. The molecule has 2 atom stereocenters. The molecule has 1 aliphatic carbocycles. The Morgan fingerprint density at radius 3 is 2.40 bits per heavy atom. The minimum Gasteiger partial charge on any atom is -0.207 e. The van der Waals surface area contributed by atoms with Crippen LogP contribution in [0.5, 0.6) is 0 Å². The van der Waals surface area contributed by atoms with Crippen LogP contribution >= 0.6 is 11.6 Å². The third kappa shape index (κ3) is 2.49. The molecule has 82 valence electrons. The molecule has 15 heavy (non-hydrogen) atoms.